The molecule has 1 unspecified atom stereocenters. The number of rotatable bonds is 5. The van der Waals surface area contributed by atoms with Gasteiger partial charge in [0.1, 0.15) is 17.4 Å². The standard InChI is InChI=1S/C17H15F2NO5.C2H6/c1-8-4-9(11-3-2-10(18)6-13(11)19)5-12(15(8)22)16(23)20-14(7-21)17(24)25;1-2/h2-6,14,21-22H,7H2,1H3,(H,20,23)(H,24,25);1-2H3. The van der Waals surface area contributed by atoms with Gasteiger partial charge in [-0.15, -0.1) is 0 Å². The van der Waals surface area contributed by atoms with E-state index in [-0.39, 0.29) is 22.3 Å². The molecule has 0 saturated heterocycles. The summed E-state index contributed by atoms with van der Waals surface area (Å²) in [5, 5.41) is 29.9. The molecule has 4 N–H and O–H groups in total. The molecule has 0 radical (unpaired) electrons. The monoisotopic (exact) mass is 381 g/mol. The lowest BCUT2D eigenvalue weighted by Gasteiger charge is -2.15. The van der Waals surface area contributed by atoms with Crippen molar-refractivity contribution in [3.8, 4) is 16.9 Å². The number of aliphatic carboxylic acids is 1. The van der Waals surface area contributed by atoms with Gasteiger partial charge in [-0.25, -0.2) is 13.6 Å². The maximum absolute atomic E-state index is 14.0. The molecule has 0 saturated carbocycles. The molecule has 0 fully saturated rings. The zero-order valence-corrected chi connectivity index (χ0v) is 15.1. The molecule has 1 atom stereocenters. The van der Waals surface area contributed by atoms with Crippen LogP contribution in [-0.2, 0) is 4.79 Å². The highest BCUT2D eigenvalue weighted by molar-refractivity contribution is 6.00. The van der Waals surface area contributed by atoms with Gasteiger partial charge in [0.25, 0.3) is 5.91 Å². The Kier molecular flexibility index (Phi) is 7.86. The van der Waals surface area contributed by atoms with E-state index in [0.717, 1.165) is 12.1 Å². The van der Waals surface area contributed by atoms with Gasteiger partial charge in [-0.2, -0.15) is 0 Å². The number of phenols is 1. The van der Waals surface area contributed by atoms with E-state index in [1.165, 1.54) is 19.1 Å². The Hall–Kier alpha value is -3.00. The minimum absolute atomic E-state index is 0.00972. The summed E-state index contributed by atoms with van der Waals surface area (Å²) in [5.41, 5.74) is 0.157. The van der Waals surface area contributed by atoms with Crippen LogP contribution in [0.5, 0.6) is 5.75 Å². The van der Waals surface area contributed by atoms with Crippen LogP contribution in [0.15, 0.2) is 30.3 Å². The summed E-state index contributed by atoms with van der Waals surface area (Å²) in [6.45, 7) is 4.63. The lowest BCUT2D eigenvalue weighted by molar-refractivity contribution is -0.140. The van der Waals surface area contributed by atoms with Crippen molar-refractivity contribution in [2.45, 2.75) is 26.8 Å². The highest BCUT2D eigenvalue weighted by atomic mass is 19.1. The molecule has 0 aromatic heterocycles. The molecular formula is C19H21F2NO5. The number of carboxylic acid groups (broad SMARTS) is 1. The number of hydrogen-bond donors (Lipinski definition) is 4. The van der Waals surface area contributed by atoms with Gasteiger partial charge in [-0.1, -0.05) is 13.8 Å². The minimum atomic E-state index is -1.56. The molecule has 0 heterocycles. The summed E-state index contributed by atoms with van der Waals surface area (Å²) in [5.74, 6) is -4.43. The number of carbonyl (C=O) groups excluding carboxylic acids is 1. The van der Waals surface area contributed by atoms with Crippen molar-refractivity contribution in [1.82, 2.24) is 5.32 Å². The first-order chi connectivity index (χ1) is 12.7. The van der Waals surface area contributed by atoms with E-state index in [1.807, 2.05) is 13.8 Å². The molecule has 2 aromatic rings. The summed E-state index contributed by atoms with van der Waals surface area (Å²) in [4.78, 5) is 23.1. The minimum Gasteiger partial charge on any atom is -0.507 e. The zero-order valence-electron chi connectivity index (χ0n) is 15.1. The number of nitrogens with one attached hydrogen (secondary N) is 1. The molecule has 0 bridgehead atoms. The molecule has 146 valence electrons. The molecule has 0 aliphatic carbocycles. The van der Waals surface area contributed by atoms with Gasteiger partial charge in [0.05, 0.1) is 12.2 Å². The van der Waals surface area contributed by atoms with E-state index in [2.05, 4.69) is 5.32 Å². The second-order valence-electron chi connectivity index (χ2n) is 5.36. The van der Waals surface area contributed by atoms with Crippen molar-refractivity contribution in [3.63, 3.8) is 0 Å². The fraction of sp³-hybridized carbons (Fsp3) is 0.263. The Balaban J connectivity index is 0.00000176. The summed E-state index contributed by atoms with van der Waals surface area (Å²) in [6, 6.07) is 3.92. The van der Waals surface area contributed by atoms with Crippen LogP contribution >= 0.6 is 0 Å². The number of carbonyl (C=O) groups is 2. The summed E-state index contributed by atoms with van der Waals surface area (Å²) < 4.78 is 27.0. The molecular weight excluding hydrogens is 360 g/mol. The molecule has 27 heavy (non-hydrogen) atoms. The molecule has 2 rings (SSSR count). The second kappa shape index (κ2) is 9.63. The number of aromatic hydroxyl groups is 1. The van der Waals surface area contributed by atoms with Crippen LogP contribution in [0.25, 0.3) is 11.1 Å². The average Bonchev–Trinajstić information content (AvgIpc) is 2.63. The maximum Gasteiger partial charge on any atom is 0.328 e. The number of phenolic OH excluding ortho intramolecular Hbond substituents is 1. The number of benzene rings is 2. The van der Waals surface area contributed by atoms with E-state index in [0.29, 0.717) is 6.07 Å². The van der Waals surface area contributed by atoms with E-state index in [1.54, 1.807) is 0 Å². The van der Waals surface area contributed by atoms with E-state index in [9.17, 15) is 23.5 Å². The van der Waals surface area contributed by atoms with Crippen molar-refractivity contribution in [2.24, 2.45) is 0 Å². The number of amides is 1. The SMILES string of the molecule is CC.Cc1cc(-c2ccc(F)cc2F)cc(C(=O)NC(CO)C(=O)O)c1O. The number of hydrogen-bond acceptors (Lipinski definition) is 4. The first kappa shape index (κ1) is 22.0. The van der Waals surface area contributed by atoms with Gasteiger partial charge in [-0.3, -0.25) is 4.79 Å². The van der Waals surface area contributed by atoms with Crippen molar-refractivity contribution in [2.75, 3.05) is 6.61 Å². The molecule has 8 heteroatoms. The largest absolute Gasteiger partial charge is 0.507 e. The predicted octanol–water partition coefficient (Wildman–Crippen LogP) is 2.85. The number of aliphatic hydroxyl groups excluding tert-OH is 1. The van der Waals surface area contributed by atoms with Crippen molar-refractivity contribution in [3.05, 3.63) is 53.1 Å². The Morgan fingerprint density at radius 1 is 1.15 bits per heavy atom. The summed E-state index contributed by atoms with van der Waals surface area (Å²) >= 11 is 0. The number of aryl methyl sites for hydroxylation is 1. The quantitative estimate of drug-likeness (QED) is 0.637. The molecule has 0 aliphatic rings. The highest BCUT2D eigenvalue weighted by Crippen LogP contribution is 2.31. The average molecular weight is 381 g/mol. The van der Waals surface area contributed by atoms with Crippen LogP contribution in [-0.4, -0.2) is 39.8 Å². The van der Waals surface area contributed by atoms with Gasteiger partial charge in [0.15, 0.2) is 6.04 Å². The normalized spacial score (nSPS) is 11.2. The number of carboxylic acids is 1. The first-order valence-electron chi connectivity index (χ1n) is 8.18. The van der Waals surface area contributed by atoms with Crippen LogP contribution in [0, 0.1) is 18.6 Å². The predicted molar refractivity (Wildman–Crippen MR) is 95.5 cm³/mol. The van der Waals surface area contributed by atoms with Crippen LogP contribution in [0.2, 0.25) is 0 Å². The van der Waals surface area contributed by atoms with E-state index >= 15 is 0 Å². The molecule has 6 nitrogen and oxygen atoms in total. The Bertz CT molecular complexity index is 839. The Labute approximate surface area is 155 Å². The van der Waals surface area contributed by atoms with Gasteiger partial charge in [-0.05, 0) is 42.3 Å². The third-order valence-corrected chi connectivity index (χ3v) is 3.57. The number of aliphatic hydroxyl groups is 1. The Morgan fingerprint density at radius 2 is 1.78 bits per heavy atom. The number of halogens is 2. The molecule has 1 amide bonds. The lowest BCUT2D eigenvalue weighted by Crippen LogP contribution is -2.43. The van der Waals surface area contributed by atoms with Crippen LogP contribution in [0.1, 0.15) is 29.8 Å². The lowest BCUT2D eigenvalue weighted by atomic mass is 9.98. The van der Waals surface area contributed by atoms with Crippen LogP contribution in [0.4, 0.5) is 8.78 Å². The van der Waals surface area contributed by atoms with Crippen molar-refractivity contribution < 1.29 is 33.7 Å². The zero-order chi connectivity index (χ0) is 20.7. The topological polar surface area (TPSA) is 107 Å². The molecule has 0 aliphatic heterocycles. The van der Waals surface area contributed by atoms with Crippen molar-refractivity contribution >= 4 is 11.9 Å². The van der Waals surface area contributed by atoms with Gasteiger partial charge in [0.2, 0.25) is 0 Å². The molecule has 0 spiro atoms. The van der Waals surface area contributed by atoms with Crippen LogP contribution < -0.4 is 5.32 Å². The first-order valence-corrected chi connectivity index (χ1v) is 8.18. The third kappa shape index (κ3) is 5.24. The van der Waals surface area contributed by atoms with Gasteiger partial charge >= 0.3 is 5.97 Å². The summed E-state index contributed by atoms with van der Waals surface area (Å²) in [7, 11) is 0. The smallest absolute Gasteiger partial charge is 0.328 e. The van der Waals surface area contributed by atoms with Crippen LogP contribution in [0.3, 0.4) is 0 Å². The highest BCUT2D eigenvalue weighted by Gasteiger charge is 2.23. The summed E-state index contributed by atoms with van der Waals surface area (Å²) in [6.07, 6.45) is 0. The fourth-order valence-corrected chi connectivity index (χ4v) is 2.25. The van der Waals surface area contributed by atoms with Gasteiger partial charge in [0, 0.05) is 11.6 Å². The van der Waals surface area contributed by atoms with Gasteiger partial charge < -0.3 is 20.6 Å². The molecule has 2 aromatic carbocycles. The van der Waals surface area contributed by atoms with Crippen molar-refractivity contribution in [1.29, 1.82) is 0 Å². The third-order valence-electron chi connectivity index (χ3n) is 3.57. The second-order valence-corrected chi connectivity index (χ2v) is 5.36. The van der Waals surface area contributed by atoms with E-state index in [4.69, 9.17) is 10.2 Å². The maximum atomic E-state index is 14.0. The van der Waals surface area contributed by atoms with E-state index < -0.39 is 41.9 Å². The Morgan fingerprint density at radius 3 is 2.30 bits per heavy atom. The fourth-order valence-electron chi connectivity index (χ4n) is 2.25.